The molecule has 1 aromatic carbocycles. The number of aliphatic carboxylic acids is 1. The Hall–Kier alpha value is -0.780. The molecule has 0 bridgehead atoms. The molecule has 1 aliphatic rings. The minimum absolute atomic E-state index is 0.0543. The number of nitrogens with one attached hydrogen (secondary N) is 1. The molecule has 2 N–H and O–H groups in total. The van der Waals surface area contributed by atoms with Gasteiger partial charge in [-0.25, -0.2) is 4.39 Å². The number of halogens is 2. The third-order valence-corrected chi connectivity index (χ3v) is 3.89. The quantitative estimate of drug-likeness (QED) is 0.858. The van der Waals surface area contributed by atoms with Gasteiger partial charge >= 0.3 is 5.97 Å². The van der Waals surface area contributed by atoms with Crippen LogP contribution in [0.4, 0.5) is 4.39 Å². The van der Waals surface area contributed by atoms with Gasteiger partial charge in [-0.3, -0.25) is 10.1 Å². The summed E-state index contributed by atoms with van der Waals surface area (Å²) in [4.78, 5) is 10.7. The highest BCUT2D eigenvalue weighted by atomic mass is 35.5. The monoisotopic (exact) mass is 261 g/mol. The molecule has 16 heavy (non-hydrogen) atoms. The van der Waals surface area contributed by atoms with Gasteiger partial charge in [0.1, 0.15) is 11.9 Å². The molecule has 0 amide bonds. The Kier molecular flexibility index (Phi) is 3.37. The number of rotatable bonds is 2. The van der Waals surface area contributed by atoms with Crippen molar-refractivity contribution in [1.29, 1.82) is 0 Å². The van der Waals surface area contributed by atoms with Crippen molar-refractivity contribution in [2.45, 2.75) is 11.4 Å². The van der Waals surface area contributed by atoms with Crippen LogP contribution in [0, 0.1) is 5.82 Å². The van der Waals surface area contributed by atoms with Crippen molar-refractivity contribution in [3.8, 4) is 0 Å². The van der Waals surface area contributed by atoms with Crippen molar-refractivity contribution < 1.29 is 14.3 Å². The Morgan fingerprint density at radius 3 is 3.00 bits per heavy atom. The minimum Gasteiger partial charge on any atom is -0.480 e. The standard InChI is InChI=1S/C10H9ClFNO2S/c11-6-3-1-2-5(8(6)12)9-13-7(4-16-9)10(14)15/h1-3,7,9,13H,4H2,(H,14,15)/t7-,9?/m1/s1. The van der Waals surface area contributed by atoms with Gasteiger partial charge < -0.3 is 5.11 Å². The molecule has 2 atom stereocenters. The Bertz CT molecular complexity index is 429. The van der Waals surface area contributed by atoms with Gasteiger partial charge in [0.25, 0.3) is 0 Å². The number of hydrogen-bond acceptors (Lipinski definition) is 3. The summed E-state index contributed by atoms with van der Waals surface area (Å²) >= 11 is 7.03. The van der Waals surface area contributed by atoms with E-state index in [1.807, 2.05) is 0 Å². The highest BCUT2D eigenvalue weighted by molar-refractivity contribution is 7.99. The van der Waals surface area contributed by atoms with E-state index in [1.54, 1.807) is 12.1 Å². The van der Waals surface area contributed by atoms with E-state index in [1.165, 1.54) is 17.8 Å². The summed E-state index contributed by atoms with van der Waals surface area (Å²) in [5.41, 5.74) is 0.404. The van der Waals surface area contributed by atoms with Crippen LogP contribution in [0.25, 0.3) is 0 Å². The molecule has 0 radical (unpaired) electrons. The second-order valence-corrected chi connectivity index (χ2v) is 4.96. The largest absolute Gasteiger partial charge is 0.480 e. The van der Waals surface area contributed by atoms with Crippen LogP contribution in [0.2, 0.25) is 5.02 Å². The van der Waals surface area contributed by atoms with E-state index in [0.29, 0.717) is 11.3 Å². The normalized spacial score (nSPS) is 24.6. The van der Waals surface area contributed by atoms with Crippen LogP contribution in [-0.2, 0) is 4.79 Å². The maximum atomic E-state index is 13.6. The molecule has 3 nitrogen and oxygen atoms in total. The number of thioether (sulfide) groups is 1. The molecule has 1 fully saturated rings. The van der Waals surface area contributed by atoms with Crippen LogP contribution < -0.4 is 5.32 Å². The molecule has 1 unspecified atom stereocenters. The van der Waals surface area contributed by atoms with Crippen LogP contribution in [0.3, 0.4) is 0 Å². The highest BCUT2D eigenvalue weighted by Gasteiger charge is 2.31. The molecular weight excluding hydrogens is 253 g/mol. The summed E-state index contributed by atoms with van der Waals surface area (Å²) in [5, 5.41) is 11.4. The molecule has 0 saturated carbocycles. The number of benzene rings is 1. The van der Waals surface area contributed by atoms with Gasteiger partial charge in [0, 0.05) is 11.3 Å². The third kappa shape index (κ3) is 2.16. The van der Waals surface area contributed by atoms with Crippen molar-refractivity contribution >= 4 is 29.3 Å². The predicted molar refractivity (Wildman–Crippen MR) is 61.2 cm³/mol. The van der Waals surface area contributed by atoms with Crippen molar-refractivity contribution in [2.24, 2.45) is 0 Å². The Morgan fingerprint density at radius 1 is 1.62 bits per heavy atom. The number of carbonyl (C=O) groups is 1. The lowest BCUT2D eigenvalue weighted by Gasteiger charge is -2.12. The lowest BCUT2D eigenvalue weighted by molar-refractivity contribution is -0.138. The number of carboxylic acid groups (broad SMARTS) is 1. The average molecular weight is 262 g/mol. The second-order valence-electron chi connectivity index (χ2n) is 3.41. The van der Waals surface area contributed by atoms with Crippen molar-refractivity contribution in [3.05, 3.63) is 34.6 Å². The van der Waals surface area contributed by atoms with Gasteiger partial charge in [-0.1, -0.05) is 23.7 Å². The maximum Gasteiger partial charge on any atom is 0.321 e. The summed E-state index contributed by atoms with van der Waals surface area (Å²) in [5.74, 6) is -0.982. The first-order valence-corrected chi connectivity index (χ1v) is 6.06. The molecule has 1 heterocycles. The van der Waals surface area contributed by atoms with Crippen molar-refractivity contribution in [3.63, 3.8) is 0 Å². The van der Waals surface area contributed by atoms with Crippen molar-refractivity contribution in [2.75, 3.05) is 5.75 Å². The summed E-state index contributed by atoms with van der Waals surface area (Å²) in [6, 6.07) is 4.09. The van der Waals surface area contributed by atoms with Gasteiger partial charge in [0.15, 0.2) is 0 Å². The van der Waals surface area contributed by atoms with Gasteiger partial charge in [-0.2, -0.15) is 0 Å². The Balaban J connectivity index is 2.21. The average Bonchev–Trinajstić information content (AvgIpc) is 2.71. The predicted octanol–water partition coefficient (Wildman–Crippen LogP) is 2.27. The number of carboxylic acids is 1. The summed E-state index contributed by atoms with van der Waals surface area (Å²) in [6.45, 7) is 0. The second kappa shape index (κ2) is 4.61. The molecule has 2 rings (SSSR count). The fraction of sp³-hybridized carbons (Fsp3) is 0.300. The molecule has 0 aromatic heterocycles. The zero-order chi connectivity index (χ0) is 11.7. The van der Waals surface area contributed by atoms with E-state index < -0.39 is 17.8 Å². The van der Waals surface area contributed by atoms with E-state index in [9.17, 15) is 9.18 Å². The molecule has 1 aliphatic heterocycles. The zero-order valence-electron chi connectivity index (χ0n) is 8.11. The summed E-state index contributed by atoms with van der Waals surface area (Å²) in [6.07, 6.45) is 0. The van der Waals surface area contributed by atoms with Crippen LogP contribution in [-0.4, -0.2) is 22.9 Å². The smallest absolute Gasteiger partial charge is 0.321 e. The summed E-state index contributed by atoms with van der Waals surface area (Å²) < 4.78 is 13.6. The topological polar surface area (TPSA) is 49.3 Å². The first kappa shape index (κ1) is 11.7. The molecule has 1 aromatic rings. The summed E-state index contributed by atoms with van der Waals surface area (Å²) in [7, 11) is 0. The van der Waals surface area contributed by atoms with Crippen molar-refractivity contribution in [1.82, 2.24) is 5.32 Å². The minimum atomic E-state index is -0.919. The zero-order valence-corrected chi connectivity index (χ0v) is 9.69. The Morgan fingerprint density at radius 2 is 2.38 bits per heavy atom. The van der Waals surface area contributed by atoms with E-state index in [0.717, 1.165) is 0 Å². The fourth-order valence-electron chi connectivity index (χ4n) is 1.52. The van der Waals surface area contributed by atoms with Gasteiger partial charge in [-0.15, -0.1) is 11.8 Å². The SMILES string of the molecule is O=C(O)[C@H]1CSC(c2cccc(Cl)c2F)N1. The third-order valence-electron chi connectivity index (χ3n) is 2.34. The maximum absolute atomic E-state index is 13.6. The molecule has 0 aliphatic carbocycles. The fourth-order valence-corrected chi connectivity index (χ4v) is 2.94. The van der Waals surface area contributed by atoms with Gasteiger partial charge in [0.2, 0.25) is 0 Å². The Labute approximate surface area is 101 Å². The van der Waals surface area contributed by atoms with E-state index >= 15 is 0 Å². The first-order chi connectivity index (χ1) is 7.59. The van der Waals surface area contributed by atoms with Gasteiger partial charge in [0.05, 0.1) is 10.4 Å². The van der Waals surface area contributed by atoms with Crippen LogP contribution in [0.5, 0.6) is 0 Å². The first-order valence-electron chi connectivity index (χ1n) is 4.64. The highest BCUT2D eigenvalue weighted by Crippen LogP contribution is 2.35. The number of hydrogen-bond donors (Lipinski definition) is 2. The molecule has 1 saturated heterocycles. The lowest BCUT2D eigenvalue weighted by atomic mass is 10.2. The lowest BCUT2D eigenvalue weighted by Crippen LogP contribution is -2.33. The van der Waals surface area contributed by atoms with E-state index in [4.69, 9.17) is 16.7 Å². The van der Waals surface area contributed by atoms with Gasteiger partial charge in [-0.05, 0) is 6.07 Å². The van der Waals surface area contributed by atoms with Crippen LogP contribution >= 0.6 is 23.4 Å². The van der Waals surface area contributed by atoms with E-state index in [2.05, 4.69) is 5.32 Å². The molecule has 0 spiro atoms. The molecular formula is C10H9ClFNO2S. The molecule has 86 valence electrons. The van der Waals surface area contributed by atoms with Crippen LogP contribution in [0.1, 0.15) is 10.9 Å². The van der Waals surface area contributed by atoms with Crippen LogP contribution in [0.15, 0.2) is 18.2 Å². The van der Waals surface area contributed by atoms with E-state index in [-0.39, 0.29) is 10.4 Å². The molecule has 6 heteroatoms.